The van der Waals surface area contributed by atoms with Gasteiger partial charge < -0.3 is 4.90 Å². The highest BCUT2D eigenvalue weighted by atomic mass is 32.1. The topological polar surface area (TPSA) is 29.0 Å². The summed E-state index contributed by atoms with van der Waals surface area (Å²) in [5.74, 6) is 0.702. The minimum Gasteiger partial charge on any atom is -0.310 e. The fraction of sp³-hybridized carbons (Fsp3) is 0.0189. The number of aromatic nitrogens is 2. The van der Waals surface area contributed by atoms with E-state index in [1.807, 2.05) is 34.8 Å². The first-order valence-corrected chi connectivity index (χ1v) is 21.3. The largest absolute Gasteiger partial charge is 0.310 e. The van der Waals surface area contributed by atoms with Crippen molar-refractivity contribution in [3.63, 3.8) is 0 Å². The van der Waals surface area contributed by atoms with Crippen LogP contribution in [0.5, 0.6) is 0 Å². The molecule has 0 saturated heterocycles. The Bertz CT molecular complexity index is 3120. The molecule has 1 aliphatic heterocycles. The molecular formula is C53H33N3S2. The summed E-state index contributed by atoms with van der Waals surface area (Å²) in [6.07, 6.45) is 0. The second-order valence-corrected chi connectivity index (χ2v) is 16.8. The minimum absolute atomic E-state index is 0.401. The van der Waals surface area contributed by atoms with Crippen molar-refractivity contribution < 1.29 is 0 Å². The summed E-state index contributed by atoms with van der Waals surface area (Å²) in [6.45, 7) is 0. The lowest BCUT2D eigenvalue weighted by Gasteiger charge is -2.44. The second kappa shape index (κ2) is 13.1. The Hall–Kier alpha value is -6.92. The molecule has 7 aromatic carbocycles. The van der Waals surface area contributed by atoms with Crippen LogP contribution < -0.4 is 4.90 Å². The van der Waals surface area contributed by atoms with Crippen LogP contribution >= 0.6 is 22.7 Å². The second-order valence-electron chi connectivity index (χ2n) is 15.0. The molecule has 0 unspecified atom stereocenters. The van der Waals surface area contributed by atoms with Gasteiger partial charge in [0, 0.05) is 32.1 Å². The quantitative estimate of drug-likeness (QED) is 0.174. The SMILES string of the molecule is c1ccc(-c2ccc(-c3nc(-c4ccccc4)cc(-c4ccc(N5c6ccccc6C6(c7cc8ccccc8cc75)c5ccsc5-c5sccc56)cc4)n3)cc2)cc1. The minimum atomic E-state index is -0.401. The molecule has 0 atom stereocenters. The highest BCUT2D eigenvalue weighted by Gasteiger charge is 2.53. The highest BCUT2D eigenvalue weighted by molar-refractivity contribution is 7.21. The van der Waals surface area contributed by atoms with Gasteiger partial charge in [0.2, 0.25) is 0 Å². The van der Waals surface area contributed by atoms with Crippen LogP contribution in [0, 0.1) is 0 Å². The molecular weight excluding hydrogens is 743 g/mol. The van der Waals surface area contributed by atoms with E-state index >= 15 is 0 Å². The molecule has 272 valence electrons. The number of para-hydroxylation sites is 1. The van der Waals surface area contributed by atoms with Gasteiger partial charge in [0.25, 0.3) is 0 Å². The van der Waals surface area contributed by atoms with E-state index in [0.29, 0.717) is 5.82 Å². The molecule has 1 spiro atoms. The van der Waals surface area contributed by atoms with Crippen LogP contribution in [0.2, 0.25) is 0 Å². The Kier molecular flexibility index (Phi) is 7.49. The predicted molar refractivity (Wildman–Crippen MR) is 243 cm³/mol. The van der Waals surface area contributed by atoms with Crippen molar-refractivity contribution in [1.82, 2.24) is 9.97 Å². The first kappa shape index (κ1) is 33.2. The molecule has 5 heteroatoms. The van der Waals surface area contributed by atoms with Crippen LogP contribution in [0.4, 0.5) is 17.1 Å². The predicted octanol–water partition coefficient (Wildman–Crippen LogP) is 14.6. The van der Waals surface area contributed by atoms with Crippen molar-refractivity contribution in [3.8, 4) is 54.8 Å². The Morgan fingerprint density at radius 1 is 0.379 bits per heavy atom. The van der Waals surface area contributed by atoms with Gasteiger partial charge >= 0.3 is 0 Å². The van der Waals surface area contributed by atoms with E-state index in [1.165, 1.54) is 65.3 Å². The van der Waals surface area contributed by atoms with Crippen LogP contribution in [-0.4, -0.2) is 9.97 Å². The smallest absolute Gasteiger partial charge is 0.160 e. The summed E-state index contributed by atoms with van der Waals surface area (Å²) in [7, 11) is 0. The maximum Gasteiger partial charge on any atom is 0.160 e. The van der Waals surface area contributed by atoms with E-state index in [0.717, 1.165) is 33.8 Å². The van der Waals surface area contributed by atoms with Gasteiger partial charge in [0.1, 0.15) is 0 Å². The normalized spacial score (nSPS) is 13.3. The van der Waals surface area contributed by atoms with E-state index in [4.69, 9.17) is 9.97 Å². The Balaban J connectivity index is 1.00. The van der Waals surface area contributed by atoms with E-state index in [2.05, 4.69) is 192 Å². The van der Waals surface area contributed by atoms with Crippen molar-refractivity contribution in [2.24, 2.45) is 0 Å². The molecule has 0 fully saturated rings. The lowest BCUT2D eigenvalue weighted by molar-refractivity contribution is 0.757. The van der Waals surface area contributed by atoms with Crippen molar-refractivity contribution in [2.75, 3.05) is 4.90 Å². The molecule has 4 heterocycles. The van der Waals surface area contributed by atoms with Crippen LogP contribution in [0.3, 0.4) is 0 Å². The van der Waals surface area contributed by atoms with Gasteiger partial charge in [0.15, 0.2) is 5.82 Å². The molecule has 3 aromatic heterocycles. The third kappa shape index (κ3) is 4.97. The van der Waals surface area contributed by atoms with Crippen LogP contribution in [-0.2, 0) is 5.41 Å². The lowest BCUT2D eigenvalue weighted by atomic mass is 9.65. The monoisotopic (exact) mass is 775 g/mol. The van der Waals surface area contributed by atoms with Gasteiger partial charge in [-0.1, -0.05) is 140 Å². The highest BCUT2D eigenvalue weighted by Crippen LogP contribution is 2.65. The van der Waals surface area contributed by atoms with Gasteiger partial charge in [-0.05, 0) is 103 Å². The maximum atomic E-state index is 5.21. The molecule has 0 amide bonds. The van der Waals surface area contributed by atoms with E-state index < -0.39 is 5.41 Å². The number of hydrogen-bond donors (Lipinski definition) is 0. The summed E-state index contributed by atoms with van der Waals surface area (Å²) in [6, 6.07) is 67.9. The van der Waals surface area contributed by atoms with Crippen molar-refractivity contribution in [1.29, 1.82) is 0 Å². The maximum absolute atomic E-state index is 5.21. The molecule has 58 heavy (non-hydrogen) atoms. The Morgan fingerprint density at radius 2 is 0.897 bits per heavy atom. The number of benzene rings is 7. The van der Waals surface area contributed by atoms with Gasteiger partial charge in [-0.3, -0.25) is 0 Å². The number of anilines is 3. The van der Waals surface area contributed by atoms with Crippen LogP contribution in [0.25, 0.3) is 65.6 Å². The fourth-order valence-electron chi connectivity index (χ4n) is 9.24. The van der Waals surface area contributed by atoms with Crippen molar-refractivity contribution in [2.45, 2.75) is 5.41 Å². The van der Waals surface area contributed by atoms with Crippen LogP contribution in [0.15, 0.2) is 199 Å². The first-order chi connectivity index (χ1) is 28.7. The number of rotatable bonds is 5. The van der Waals surface area contributed by atoms with Gasteiger partial charge in [-0.15, -0.1) is 22.7 Å². The number of thiophene rings is 2. The van der Waals surface area contributed by atoms with Crippen molar-refractivity contribution in [3.05, 3.63) is 221 Å². The Labute approximate surface area is 344 Å². The molecule has 0 N–H and O–H groups in total. The van der Waals surface area contributed by atoms with E-state index in [-0.39, 0.29) is 0 Å². The molecule has 1 aliphatic carbocycles. The average molecular weight is 776 g/mol. The average Bonchev–Trinajstić information content (AvgIpc) is 4.04. The Morgan fingerprint density at radius 3 is 1.57 bits per heavy atom. The third-order valence-electron chi connectivity index (χ3n) is 11.9. The van der Waals surface area contributed by atoms with Crippen molar-refractivity contribution >= 4 is 50.5 Å². The summed E-state index contributed by atoms with van der Waals surface area (Å²) >= 11 is 3.72. The molecule has 12 rings (SSSR count). The summed E-state index contributed by atoms with van der Waals surface area (Å²) in [5.41, 5.74) is 15.7. The van der Waals surface area contributed by atoms with Gasteiger partial charge in [-0.2, -0.15) is 0 Å². The van der Waals surface area contributed by atoms with Crippen LogP contribution in [0.1, 0.15) is 22.3 Å². The van der Waals surface area contributed by atoms with Gasteiger partial charge in [-0.25, -0.2) is 9.97 Å². The first-order valence-electron chi connectivity index (χ1n) is 19.5. The summed E-state index contributed by atoms with van der Waals surface area (Å²) < 4.78 is 0. The zero-order chi connectivity index (χ0) is 38.2. The molecule has 0 radical (unpaired) electrons. The molecule has 3 nitrogen and oxygen atoms in total. The van der Waals surface area contributed by atoms with E-state index in [1.54, 1.807) is 0 Å². The lowest BCUT2D eigenvalue weighted by Crippen LogP contribution is -2.35. The number of hydrogen-bond acceptors (Lipinski definition) is 5. The molecule has 2 aliphatic rings. The number of nitrogens with zero attached hydrogens (tertiary/aromatic N) is 3. The van der Waals surface area contributed by atoms with E-state index in [9.17, 15) is 0 Å². The standard InChI is InChI=1S/C53H33N3S2/c1-3-11-34(12-4-1)35-19-21-38(22-20-35)52-54-46(36-13-5-2-6-14-36)33-47(55-52)37-23-25-41(26-24-37)56-48-18-10-9-17-42(48)53(43-27-29-57-50(43)51-44(53)28-30-58-51)45-31-39-15-7-8-16-40(39)32-49(45)56/h1-33H. The zero-order valence-electron chi connectivity index (χ0n) is 31.2. The summed E-state index contributed by atoms with van der Waals surface area (Å²) in [4.78, 5) is 15.6. The zero-order valence-corrected chi connectivity index (χ0v) is 32.8. The van der Waals surface area contributed by atoms with Gasteiger partial charge in [0.05, 0.1) is 28.2 Å². The number of fused-ring (bicyclic) bond motifs is 10. The molecule has 10 aromatic rings. The third-order valence-corrected chi connectivity index (χ3v) is 13.9. The summed E-state index contributed by atoms with van der Waals surface area (Å²) in [5, 5.41) is 7.01. The molecule has 0 bridgehead atoms. The fourth-order valence-corrected chi connectivity index (χ4v) is 11.3. The molecule has 0 saturated carbocycles.